The fourth-order valence-electron chi connectivity index (χ4n) is 2.03. The van der Waals surface area contributed by atoms with Crippen molar-refractivity contribution in [2.45, 2.75) is 0 Å². The summed E-state index contributed by atoms with van der Waals surface area (Å²) in [6, 6.07) is 13.5. The summed E-state index contributed by atoms with van der Waals surface area (Å²) in [5.41, 5.74) is 1.31. The van der Waals surface area contributed by atoms with Crippen molar-refractivity contribution in [1.29, 1.82) is 0 Å². The summed E-state index contributed by atoms with van der Waals surface area (Å²) in [7, 11) is 0. The molecule has 21 heavy (non-hydrogen) atoms. The average molecular weight is 280 g/mol. The number of hydrogen-bond donors (Lipinski definition) is 3. The number of aromatic nitrogens is 2. The van der Waals surface area contributed by atoms with Gasteiger partial charge in [0.1, 0.15) is 5.82 Å². The first-order valence-corrected chi connectivity index (χ1v) is 6.32. The van der Waals surface area contributed by atoms with E-state index in [0.717, 1.165) is 5.56 Å². The van der Waals surface area contributed by atoms with Crippen molar-refractivity contribution in [3.63, 3.8) is 0 Å². The molecule has 0 bridgehead atoms. The standard InChI is InChI=1S/C16H12N2O3/c19-13-7-6-11(8-14(13)20)12-9-17-15(18-16(12)21)10-4-2-1-3-5-10/h1-9,19-20H,(H,17,18,21). The van der Waals surface area contributed by atoms with Crippen LogP contribution in [0.4, 0.5) is 0 Å². The summed E-state index contributed by atoms with van der Waals surface area (Å²) in [5.74, 6) is -0.0320. The topological polar surface area (TPSA) is 86.2 Å². The van der Waals surface area contributed by atoms with E-state index in [0.29, 0.717) is 17.0 Å². The van der Waals surface area contributed by atoms with Crippen molar-refractivity contribution >= 4 is 0 Å². The molecule has 1 heterocycles. The van der Waals surface area contributed by atoms with E-state index in [2.05, 4.69) is 9.97 Å². The van der Waals surface area contributed by atoms with Crippen LogP contribution in [-0.2, 0) is 0 Å². The summed E-state index contributed by atoms with van der Waals surface area (Å²) < 4.78 is 0. The van der Waals surface area contributed by atoms with Crippen molar-refractivity contribution < 1.29 is 10.2 Å². The maximum Gasteiger partial charge on any atom is 0.259 e. The Morgan fingerprint density at radius 3 is 2.33 bits per heavy atom. The molecule has 0 spiro atoms. The Hall–Kier alpha value is -3.08. The number of H-pyrrole nitrogens is 1. The molecule has 0 saturated heterocycles. The highest BCUT2D eigenvalue weighted by Crippen LogP contribution is 2.29. The first kappa shape index (κ1) is 12.9. The number of nitrogens with zero attached hydrogens (tertiary/aromatic N) is 1. The Bertz CT molecular complexity index is 842. The second-order valence-electron chi connectivity index (χ2n) is 4.54. The van der Waals surface area contributed by atoms with E-state index in [9.17, 15) is 15.0 Å². The Morgan fingerprint density at radius 2 is 1.67 bits per heavy atom. The minimum absolute atomic E-state index is 0.232. The highest BCUT2D eigenvalue weighted by molar-refractivity contribution is 5.66. The van der Waals surface area contributed by atoms with Crippen LogP contribution in [0.1, 0.15) is 0 Å². The van der Waals surface area contributed by atoms with E-state index in [4.69, 9.17) is 0 Å². The van der Waals surface area contributed by atoms with Crippen LogP contribution in [0.15, 0.2) is 59.5 Å². The monoisotopic (exact) mass is 280 g/mol. The molecule has 0 fully saturated rings. The van der Waals surface area contributed by atoms with Gasteiger partial charge in [-0.15, -0.1) is 0 Å². The summed E-state index contributed by atoms with van der Waals surface area (Å²) in [6.07, 6.45) is 1.45. The van der Waals surface area contributed by atoms with E-state index >= 15 is 0 Å². The lowest BCUT2D eigenvalue weighted by atomic mass is 10.1. The first-order chi connectivity index (χ1) is 10.1. The predicted molar refractivity (Wildman–Crippen MR) is 79.1 cm³/mol. The molecule has 0 atom stereocenters. The molecule has 3 rings (SSSR count). The third kappa shape index (κ3) is 2.49. The summed E-state index contributed by atoms with van der Waals surface area (Å²) >= 11 is 0. The Kier molecular flexibility index (Phi) is 3.16. The normalized spacial score (nSPS) is 10.5. The van der Waals surface area contributed by atoms with Gasteiger partial charge in [-0.05, 0) is 17.7 Å². The van der Waals surface area contributed by atoms with Crippen LogP contribution in [0.5, 0.6) is 11.5 Å². The molecule has 1 aromatic heterocycles. The number of benzene rings is 2. The zero-order valence-corrected chi connectivity index (χ0v) is 10.9. The van der Waals surface area contributed by atoms with Crippen LogP contribution in [0.3, 0.4) is 0 Å². The number of rotatable bonds is 2. The molecule has 5 heteroatoms. The predicted octanol–water partition coefficient (Wildman–Crippen LogP) is 2.52. The zero-order chi connectivity index (χ0) is 14.8. The quantitative estimate of drug-likeness (QED) is 0.629. The second-order valence-corrected chi connectivity index (χ2v) is 4.54. The molecule has 5 nitrogen and oxygen atoms in total. The first-order valence-electron chi connectivity index (χ1n) is 6.32. The van der Waals surface area contributed by atoms with Gasteiger partial charge in [0.25, 0.3) is 5.56 Å². The van der Waals surface area contributed by atoms with Crippen LogP contribution < -0.4 is 5.56 Å². The van der Waals surface area contributed by atoms with Crippen LogP contribution in [0, 0.1) is 0 Å². The number of phenols is 2. The molecule has 0 amide bonds. The van der Waals surface area contributed by atoms with E-state index in [-0.39, 0.29) is 17.1 Å². The SMILES string of the molecule is O=c1[nH]c(-c2ccccc2)ncc1-c1ccc(O)c(O)c1. The van der Waals surface area contributed by atoms with Crippen LogP contribution in [0.2, 0.25) is 0 Å². The minimum atomic E-state index is -0.311. The molecular weight excluding hydrogens is 268 g/mol. The van der Waals surface area contributed by atoms with E-state index in [1.165, 1.54) is 18.3 Å². The molecule has 0 saturated carbocycles. The molecule has 0 aliphatic carbocycles. The Morgan fingerprint density at radius 1 is 0.905 bits per heavy atom. The van der Waals surface area contributed by atoms with Gasteiger partial charge in [0.05, 0.1) is 5.56 Å². The molecule has 3 aromatic rings. The van der Waals surface area contributed by atoms with Gasteiger partial charge in [0.2, 0.25) is 0 Å². The maximum absolute atomic E-state index is 12.2. The number of aromatic hydroxyl groups is 2. The van der Waals surface area contributed by atoms with Gasteiger partial charge < -0.3 is 15.2 Å². The van der Waals surface area contributed by atoms with Gasteiger partial charge in [-0.3, -0.25) is 4.79 Å². The fraction of sp³-hybridized carbons (Fsp3) is 0. The third-order valence-electron chi connectivity index (χ3n) is 3.13. The molecule has 0 unspecified atom stereocenters. The van der Waals surface area contributed by atoms with Gasteiger partial charge in [-0.1, -0.05) is 36.4 Å². The van der Waals surface area contributed by atoms with Crippen LogP contribution >= 0.6 is 0 Å². The maximum atomic E-state index is 12.2. The van der Waals surface area contributed by atoms with E-state index in [1.807, 2.05) is 30.3 Å². The van der Waals surface area contributed by atoms with E-state index < -0.39 is 0 Å². The lowest BCUT2D eigenvalue weighted by molar-refractivity contribution is 0.404. The summed E-state index contributed by atoms with van der Waals surface area (Å²) in [6.45, 7) is 0. The van der Waals surface area contributed by atoms with Crippen LogP contribution in [0.25, 0.3) is 22.5 Å². The van der Waals surface area contributed by atoms with Crippen molar-refractivity contribution in [1.82, 2.24) is 9.97 Å². The average Bonchev–Trinajstić information content (AvgIpc) is 2.51. The second kappa shape index (κ2) is 5.13. The van der Waals surface area contributed by atoms with Gasteiger partial charge in [-0.25, -0.2) is 4.98 Å². The van der Waals surface area contributed by atoms with Crippen molar-refractivity contribution in [2.75, 3.05) is 0 Å². The number of nitrogens with one attached hydrogen (secondary N) is 1. The van der Waals surface area contributed by atoms with Gasteiger partial charge in [0, 0.05) is 11.8 Å². The van der Waals surface area contributed by atoms with E-state index in [1.54, 1.807) is 6.07 Å². The zero-order valence-electron chi connectivity index (χ0n) is 10.9. The third-order valence-corrected chi connectivity index (χ3v) is 3.13. The largest absolute Gasteiger partial charge is 0.504 e. The molecule has 3 N–H and O–H groups in total. The molecule has 0 aliphatic heterocycles. The fourth-order valence-corrected chi connectivity index (χ4v) is 2.03. The van der Waals surface area contributed by atoms with Crippen LogP contribution in [-0.4, -0.2) is 20.2 Å². The van der Waals surface area contributed by atoms with Crippen molar-refractivity contribution in [2.24, 2.45) is 0 Å². The van der Waals surface area contributed by atoms with Crippen molar-refractivity contribution in [3.05, 3.63) is 65.1 Å². The van der Waals surface area contributed by atoms with Gasteiger partial charge >= 0.3 is 0 Å². The summed E-state index contributed by atoms with van der Waals surface area (Å²) in [5, 5.41) is 18.8. The minimum Gasteiger partial charge on any atom is -0.504 e. The number of phenolic OH excluding ortho intramolecular Hbond substituents is 2. The molecule has 0 radical (unpaired) electrons. The molecule has 2 aromatic carbocycles. The highest BCUT2D eigenvalue weighted by atomic mass is 16.3. The Balaban J connectivity index is 2.06. The lowest BCUT2D eigenvalue weighted by Crippen LogP contribution is -2.11. The number of hydrogen-bond acceptors (Lipinski definition) is 4. The smallest absolute Gasteiger partial charge is 0.259 e. The lowest BCUT2D eigenvalue weighted by Gasteiger charge is -2.05. The molecule has 0 aliphatic rings. The molecular formula is C16H12N2O3. The molecule has 104 valence electrons. The highest BCUT2D eigenvalue weighted by Gasteiger charge is 2.09. The van der Waals surface area contributed by atoms with Crippen molar-refractivity contribution in [3.8, 4) is 34.0 Å². The number of aromatic amines is 1. The van der Waals surface area contributed by atoms with Gasteiger partial charge in [0.15, 0.2) is 11.5 Å². The summed E-state index contributed by atoms with van der Waals surface area (Å²) in [4.78, 5) is 19.1. The van der Waals surface area contributed by atoms with Gasteiger partial charge in [-0.2, -0.15) is 0 Å². The Labute approximate surface area is 120 Å².